The van der Waals surface area contributed by atoms with E-state index in [0.29, 0.717) is 17.3 Å². The summed E-state index contributed by atoms with van der Waals surface area (Å²) >= 11 is 0. The molecule has 0 saturated heterocycles. The average Bonchev–Trinajstić information content (AvgIpc) is 3.17. The first-order valence-electron chi connectivity index (χ1n) is 9.94. The second kappa shape index (κ2) is 9.03. The van der Waals surface area contributed by atoms with Crippen molar-refractivity contribution in [3.63, 3.8) is 0 Å². The molecule has 0 spiro atoms. The monoisotopic (exact) mass is 416 g/mol. The molecule has 0 fully saturated rings. The van der Waals surface area contributed by atoms with E-state index in [-0.39, 0.29) is 12.5 Å². The summed E-state index contributed by atoms with van der Waals surface area (Å²) in [4.78, 5) is 18.8. The highest BCUT2D eigenvalue weighted by atomic mass is 16.9. The number of benzene rings is 3. The van der Waals surface area contributed by atoms with Crippen LogP contribution in [0.1, 0.15) is 23.5 Å². The van der Waals surface area contributed by atoms with Gasteiger partial charge in [-0.05, 0) is 34.6 Å². The summed E-state index contributed by atoms with van der Waals surface area (Å²) in [5.41, 5.74) is 4.71. The zero-order valence-electron chi connectivity index (χ0n) is 16.6. The number of hydrogen-bond donors (Lipinski definition) is 3. The number of aromatic amines is 1. The van der Waals surface area contributed by atoms with E-state index in [4.69, 9.17) is 0 Å². The van der Waals surface area contributed by atoms with E-state index in [9.17, 15) is 20.2 Å². The van der Waals surface area contributed by atoms with Crippen molar-refractivity contribution in [3.8, 4) is 11.3 Å². The molecule has 1 heterocycles. The number of nitrogens with zero attached hydrogens (tertiary/aromatic N) is 1. The minimum absolute atomic E-state index is 0.0860. The van der Waals surface area contributed by atoms with Gasteiger partial charge in [-0.2, -0.15) is 0 Å². The first kappa shape index (κ1) is 20.6. The van der Waals surface area contributed by atoms with Gasteiger partial charge in [0.2, 0.25) is 0 Å². The fourth-order valence-corrected chi connectivity index (χ4v) is 4.11. The first-order valence-corrected chi connectivity index (χ1v) is 9.94. The van der Waals surface area contributed by atoms with Gasteiger partial charge in [0.15, 0.2) is 0 Å². The molecule has 1 atom stereocenters. The lowest BCUT2D eigenvalue weighted by atomic mass is 9.74. The lowest BCUT2D eigenvalue weighted by molar-refractivity contribution is -0.757. The maximum absolute atomic E-state index is 10.8. The van der Waals surface area contributed by atoms with Gasteiger partial charge in [-0.3, -0.25) is 0 Å². The quantitative estimate of drug-likeness (QED) is 0.232. The molecule has 0 aliphatic rings. The van der Waals surface area contributed by atoms with Crippen LogP contribution >= 0.6 is 0 Å². The van der Waals surface area contributed by atoms with E-state index in [0.717, 1.165) is 27.9 Å². The van der Waals surface area contributed by atoms with Crippen molar-refractivity contribution in [2.75, 3.05) is 6.61 Å². The number of rotatable bonds is 8. The van der Waals surface area contributed by atoms with Crippen molar-refractivity contribution in [2.45, 2.75) is 12.3 Å². The Balaban J connectivity index is 1.97. The van der Waals surface area contributed by atoms with Gasteiger partial charge in [-0.15, -0.1) is 10.1 Å². The maximum atomic E-state index is 10.8. The van der Waals surface area contributed by atoms with Gasteiger partial charge < -0.3 is 19.9 Å². The number of hydrogen-bond acceptors (Lipinski definition) is 5. The molecule has 3 aromatic carbocycles. The van der Waals surface area contributed by atoms with Crippen LogP contribution < -0.4 is 5.46 Å². The van der Waals surface area contributed by atoms with Gasteiger partial charge in [-0.25, -0.2) is 0 Å². The molecule has 156 valence electrons. The Bertz CT molecular complexity index is 1180. The molecule has 3 N–H and O–H groups in total. The van der Waals surface area contributed by atoms with Crippen LogP contribution in [0.5, 0.6) is 0 Å². The van der Waals surface area contributed by atoms with E-state index < -0.39 is 12.2 Å². The van der Waals surface area contributed by atoms with E-state index in [2.05, 4.69) is 9.82 Å². The summed E-state index contributed by atoms with van der Waals surface area (Å²) < 4.78 is 0. The Hall–Kier alpha value is -3.62. The van der Waals surface area contributed by atoms with E-state index in [1.807, 2.05) is 66.7 Å². The highest BCUT2D eigenvalue weighted by Gasteiger charge is 2.27. The van der Waals surface area contributed by atoms with Crippen LogP contribution in [0.3, 0.4) is 0 Å². The van der Waals surface area contributed by atoms with Crippen LogP contribution in [0.15, 0.2) is 78.9 Å². The van der Waals surface area contributed by atoms with Crippen LogP contribution in [0.4, 0.5) is 0 Å². The molecule has 0 bridgehead atoms. The zero-order chi connectivity index (χ0) is 21.8. The molecule has 4 aromatic rings. The Kier molecular flexibility index (Phi) is 6.02. The summed E-state index contributed by atoms with van der Waals surface area (Å²) in [6.07, 6.45) is 0.341. The highest BCUT2D eigenvalue weighted by Crippen LogP contribution is 2.40. The number of H-pyrrole nitrogens is 1. The van der Waals surface area contributed by atoms with E-state index in [1.54, 1.807) is 12.1 Å². The third-order valence-corrected chi connectivity index (χ3v) is 5.39. The van der Waals surface area contributed by atoms with Crippen molar-refractivity contribution in [2.24, 2.45) is 0 Å². The normalized spacial score (nSPS) is 11.9. The molecule has 0 amide bonds. The molecule has 7 nitrogen and oxygen atoms in total. The van der Waals surface area contributed by atoms with Gasteiger partial charge in [0.25, 0.3) is 5.09 Å². The predicted octanol–water partition coefficient (Wildman–Crippen LogP) is 3.25. The third-order valence-electron chi connectivity index (χ3n) is 5.39. The predicted molar refractivity (Wildman–Crippen MR) is 119 cm³/mol. The Morgan fingerprint density at radius 3 is 2.29 bits per heavy atom. The Labute approximate surface area is 179 Å². The van der Waals surface area contributed by atoms with Crippen LogP contribution in [0.2, 0.25) is 0 Å². The zero-order valence-corrected chi connectivity index (χ0v) is 16.6. The summed E-state index contributed by atoms with van der Waals surface area (Å²) in [6, 6.07) is 24.7. The van der Waals surface area contributed by atoms with E-state index >= 15 is 0 Å². The Morgan fingerprint density at radius 2 is 1.65 bits per heavy atom. The molecule has 31 heavy (non-hydrogen) atoms. The van der Waals surface area contributed by atoms with Gasteiger partial charge >= 0.3 is 7.12 Å². The highest BCUT2D eigenvalue weighted by molar-refractivity contribution is 6.62. The van der Waals surface area contributed by atoms with Crippen LogP contribution in [0.25, 0.3) is 22.2 Å². The van der Waals surface area contributed by atoms with Crippen LogP contribution in [-0.4, -0.2) is 33.8 Å². The summed E-state index contributed by atoms with van der Waals surface area (Å²) in [5, 5.41) is 30.8. The molecule has 0 radical (unpaired) electrons. The van der Waals surface area contributed by atoms with Gasteiger partial charge in [0.1, 0.15) is 0 Å². The van der Waals surface area contributed by atoms with E-state index in [1.165, 1.54) is 0 Å². The van der Waals surface area contributed by atoms with Crippen molar-refractivity contribution in [1.29, 1.82) is 0 Å². The topological polar surface area (TPSA) is 109 Å². The van der Waals surface area contributed by atoms with Crippen LogP contribution in [-0.2, 0) is 4.84 Å². The molecule has 8 heteroatoms. The third kappa shape index (κ3) is 4.30. The fourth-order valence-electron chi connectivity index (χ4n) is 4.11. The first-order chi connectivity index (χ1) is 15.1. The summed E-state index contributed by atoms with van der Waals surface area (Å²) in [5.74, 6) is -0.273. The van der Waals surface area contributed by atoms with Gasteiger partial charge in [0.05, 0.1) is 12.3 Å². The number of aromatic nitrogens is 1. The van der Waals surface area contributed by atoms with Crippen molar-refractivity contribution >= 4 is 23.5 Å². The lowest BCUT2D eigenvalue weighted by Gasteiger charge is -2.20. The molecular weight excluding hydrogens is 395 g/mol. The molecule has 0 aliphatic carbocycles. The van der Waals surface area contributed by atoms with Gasteiger partial charge in [0, 0.05) is 16.8 Å². The van der Waals surface area contributed by atoms with Crippen molar-refractivity contribution in [3.05, 3.63) is 100 Å². The minimum Gasteiger partial charge on any atom is -0.423 e. The smallest absolute Gasteiger partial charge is 0.423 e. The van der Waals surface area contributed by atoms with Gasteiger partial charge in [-0.1, -0.05) is 72.8 Å². The summed E-state index contributed by atoms with van der Waals surface area (Å²) in [6.45, 7) is -0.0860. The molecular formula is C23H21BN2O5. The molecule has 4 rings (SSSR count). The number of nitrogens with one attached hydrogen (secondary N) is 1. The Morgan fingerprint density at radius 1 is 0.968 bits per heavy atom. The second-order valence-electron chi connectivity index (χ2n) is 7.23. The largest absolute Gasteiger partial charge is 0.489 e. The molecule has 1 aromatic heterocycles. The molecule has 0 aliphatic heterocycles. The van der Waals surface area contributed by atoms with Crippen molar-refractivity contribution in [1.82, 2.24) is 4.98 Å². The number of fused-ring (bicyclic) bond motifs is 1. The molecule has 0 saturated carbocycles. The maximum Gasteiger partial charge on any atom is 0.489 e. The minimum atomic E-state index is -1.66. The second-order valence-corrected chi connectivity index (χ2v) is 7.23. The van der Waals surface area contributed by atoms with Crippen molar-refractivity contribution < 1.29 is 20.0 Å². The average molecular weight is 416 g/mol. The molecule has 1 unspecified atom stereocenters. The van der Waals surface area contributed by atoms with Crippen LogP contribution in [0, 0.1) is 10.1 Å². The SMILES string of the molecule is O=[N+]([O-])OCCC(c1ccccc1)c1c(-c2ccccc2)[nH]c2cccc(B(O)O)c12. The standard InChI is InChI=1S/C23H21BN2O5/c27-24(28)19-12-7-13-20-22(19)21(23(25-20)17-10-5-2-6-11-17)18(14-15-31-26(29)30)16-8-3-1-4-9-16/h1-13,18,25,27-28H,14-15H2. The lowest BCUT2D eigenvalue weighted by Crippen LogP contribution is -2.30. The fraction of sp³-hybridized carbons (Fsp3) is 0.130. The summed E-state index contributed by atoms with van der Waals surface area (Å²) in [7, 11) is -1.66.